The molecule has 0 atom stereocenters. The van der Waals surface area contributed by atoms with Crippen LogP contribution in [0.3, 0.4) is 0 Å². The lowest BCUT2D eigenvalue weighted by Crippen LogP contribution is -2.32. The first-order valence-corrected chi connectivity index (χ1v) is 21.9. The smallest absolute Gasteiger partial charge is 0.457 e. The van der Waals surface area contributed by atoms with Crippen LogP contribution >= 0.6 is 11.6 Å². The molecule has 0 aliphatic carbocycles. The number of carbonyl (C=O) groups excluding carboxylic acids is 1. The molecule has 0 bridgehead atoms. The molecule has 1 aliphatic heterocycles. The van der Waals surface area contributed by atoms with Gasteiger partial charge in [-0.05, 0) is 133 Å². The number of alkyl halides is 6. The Kier molecular flexibility index (Phi) is 14.4. The van der Waals surface area contributed by atoms with E-state index in [1.54, 1.807) is 65.2 Å². The van der Waals surface area contributed by atoms with E-state index in [1.807, 2.05) is 19.1 Å². The molecule has 5 aromatic carbocycles. The van der Waals surface area contributed by atoms with E-state index < -0.39 is 12.7 Å². The summed E-state index contributed by atoms with van der Waals surface area (Å²) < 4.78 is 102. The van der Waals surface area contributed by atoms with E-state index in [2.05, 4.69) is 52.1 Å². The van der Waals surface area contributed by atoms with Crippen LogP contribution in [0.4, 0.5) is 47.9 Å². The Bertz CT molecular complexity index is 3020. The number of nitrogens with zero attached hydrogens (tertiary/aromatic N) is 5. The Morgan fingerprint density at radius 3 is 1.99 bits per heavy atom. The Morgan fingerprint density at radius 2 is 1.36 bits per heavy atom. The molecule has 0 unspecified atom stereocenters. The van der Waals surface area contributed by atoms with E-state index in [9.17, 15) is 35.5 Å². The van der Waals surface area contributed by atoms with Crippen molar-refractivity contribution in [2.45, 2.75) is 51.4 Å². The highest BCUT2D eigenvalue weighted by molar-refractivity contribution is 6.30. The minimum absolute atomic E-state index is 0.200. The summed E-state index contributed by atoms with van der Waals surface area (Å²) >= 11 is 6.14. The number of halogens is 8. The summed E-state index contributed by atoms with van der Waals surface area (Å²) in [5.41, 5.74) is 6.19. The number of anilines is 3. The molecule has 0 saturated carbocycles. The quantitative estimate of drug-likeness (QED) is 0.116. The van der Waals surface area contributed by atoms with Gasteiger partial charge in [0, 0.05) is 48.7 Å². The van der Waals surface area contributed by atoms with Crippen LogP contribution < -0.4 is 29.7 Å². The number of ether oxygens (including phenoxy) is 3. The molecule has 0 spiro atoms. The Hall–Kier alpha value is -7.60. The number of hydrogen-bond acceptors (Lipinski definition) is 9. The van der Waals surface area contributed by atoms with Crippen LogP contribution in [0.5, 0.6) is 23.0 Å². The van der Waals surface area contributed by atoms with Crippen molar-refractivity contribution in [1.29, 1.82) is 0 Å². The second-order valence-electron chi connectivity index (χ2n) is 15.7. The second-order valence-corrected chi connectivity index (χ2v) is 16.2. The monoisotopic (exact) mass is 971 g/mol. The maximum absolute atomic E-state index is 13.4. The van der Waals surface area contributed by atoms with E-state index in [0.717, 1.165) is 48.4 Å². The zero-order chi connectivity index (χ0) is 48.7. The predicted molar refractivity (Wildman–Crippen MR) is 247 cm³/mol. The Balaban J connectivity index is 0.000000192. The van der Waals surface area contributed by atoms with Crippen molar-refractivity contribution in [1.82, 2.24) is 24.7 Å². The Labute approximate surface area is 395 Å². The van der Waals surface area contributed by atoms with E-state index in [-0.39, 0.29) is 29.1 Å². The van der Waals surface area contributed by atoms with Gasteiger partial charge in [-0.15, -0.1) is 26.3 Å². The first-order chi connectivity index (χ1) is 33.1. The zero-order valence-corrected chi connectivity index (χ0v) is 37.2. The van der Waals surface area contributed by atoms with Crippen LogP contribution in [0.1, 0.15) is 53.0 Å². The number of imidazole rings is 1. The summed E-state index contributed by atoms with van der Waals surface area (Å²) in [6.07, 6.45) is -3.95. The molecule has 1 aliphatic rings. The molecule has 1 fully saturated rings. The number of carbonyl (C=O) groups is 1. The van der Waals surface area contributed by atoms with Crippen molar-refractivity contribution in [3.05, 3.63) is 173 Å². The average Bonchev–Trinajstić information content (AvgIpc) is 3.70. The second kappa shape index (κ2) is 20.7. The van der Waals surface area contributed by atoms with Gasteiger partial charge < -0.3 is 29.7 Å². The fourth-order valence-electron chi connectivity index (χ4n) is 7.78. The molecule has 2 N–H and O–H groups in total. The van der Waals surface area contributed by atoms with Crippen molar-refractivity contribution in [3.8, 4) is 23.0 Å². The lowest BCUT2D eigenvalue weighted by molar-refractivity contribution is -0.275. The minimum Gasteiger partial charge on any atom is -0.457 e. The van der Waals surface area contributed by atoms with Crippen LogP contribution in [0.15, 0.2) is 140 Å². The molecule has 1 amide bonds. The molecular weight excluding hydrogens is 931 g/mol. The van der Waals surface area contributed by atoms with E-state index in [1.165, 1.54) is 54.9 Å². The number of aromatic nitrogens is 4. The fourth-order valence-corrected chi connectivity index (χ4v) is 7.94. The van der Waals surface area contributed by atoms with Crippen molar-refractivity contribution in [2.75, 3.05) is 23.3 Å². The SMILES string of the molecule is CCc1nc2ccc(Cl)cn2c1C(=O)NCc1ccc(N2CCC(c3ccc(OC(F)(F)F)cc3)CC2)cc1.Fc1ccc2c(Nc3ccc(Oc4ccc(OC(F)(F)F)cc4)cc3)ncnc2c1. The number of amides is 1. The third-order valence-electron chi connectivity index (χ3n) is 11.0. The first kappa shape index (κ1) is 47.9. The number of pyridine rings is 1. The van der Waals surface area contributed by atoms with Gasteiger partial charge >= 0.3 is 12.7 Å². The number of hydrogen-bond donors (Lipinski definition) is 2. The maximum Gasteiger partial charge on any atom is 0.573 e. The van der Waals surface area contributed by atoms with Crippen LogP contribution in [0.2, 0.25) is 5.02 Å². The highest BCUT2D eigenvalue weighted by atomic mass is 35.5. The van der Waals surface area contributed by atoms with Crippen LogP contribution in [0.25, 0.3) is 16.6 Å². The Morgan fingerprint density at radius 1 is 0.754 bits per heavy atom. The van der Waals surface area contributed by atoms with Crippen molar-refractivity contribution in [2.24, 2.45) is 0 Å². The molecule has 0 radical (unpaired) electrons. The van der Waals surface area contributed by atoms with Crippen molar-refractivity contribution in [3.63, 3.8) is 0 Å². The van der Waals surface area contributed by atoms with Gasteiger partial charge in [0.15, 0.2) is 0 Å². The van der Waals surface area contributed by atoms with Crippen LogP contribution in [-0.2, 0) is 13.0 Å². The van der Waals surface area contributed by atoms with Gasteiger partial charge in [0.05, 0.1) is 16.2 Å². The molecule has 9 rings (SSSR count). The average molecular weight is 972 g/mol. The first-order valence-electron chi connectivity index (χ1n) is 21.5. The van der Waals surface area contributed by atoms with E-state index in [4.69, 9.17) is 16.3 Å². The highest BCUT2D eigenvalue weighted by Gasteiger charge is 2.32. The molecule has 4 heterocycles. The number of piperidine rings is 1. The number of fused-ring (bicyclic) bond motifs is 2. The van der Waals surface area contributed by atoms with Gasteiger partial charge in [-0.2, -0.15) is 0 Å². The lowest BCUT2D eigenvalue weighted by Gasteiger charge is -2.34. The van der Waals surface area contributed by atoms with Crippen LogP contribution in [-0.4, -0.2) is 51.1 Å². The third-order valence-corrected chi connectivity index (χ3v) is 11.3. The molecular formula is C50H41ClF7N7O4. The van der Waals surface area contributed by atoms with E-state index in [0.29, 0.717) is 63.2 Å². The molecule has 1 saturated heterocycles. The largest absolute Gasteiger partial charge is 0.573 e. The number of rotatable bonds is 12. The van der Waals surface area contributed by atoms with Crippen LogP contribution in [0, 0.1) is 5.82 Å². The number of benzene rings is 5. The van der Waals surface area contributed by atoms with Gasteiger partial charge in [0.25, 0.3) is 5.91 Å². The topological polar surface area (TPSA) is 115 Å². The summed E-state index contributed by atoms with van der Waals surface area (Å²) in [5, 5.41) is 7.33. The van der Waals surface area contributed by atoms with Gasteiger partial charge in [0.2, 0.25) is 0 Å². The van der Waals surface area contributed by atoms with Gasteiger partial charge in [-0.25, -0.2) is 19.3 Å². The molecule has 19 heteroatoms. The number of nitrogens with one attached hydrogen (secondary N) is 2. The summed E-state index contributed by atoms with van der Waals surface area (Å²) in [7, 11) is 0. The summed E-state index contributed by atoms with van der Waals surface area (Å²) in [4.78, 5) is 28.1. The summed E-state index contributed by atoms with van der Waals surface area (Å²) in [6, 6.07) is 34.0. The molecule has 3 aromatic heterocycles. The molecule has 8 aromatic rings. The third kappa shape index (κ3) is 12.7. The normalized spacial score (nSPS) is 13.1. The maximum atomic E-state index is 13.4. The van der Waals surface area contributed by atoms with Gasteiger partial charge in [-0.3, -0.25) is 9.20 Å². The van der Waals surface area contributed by atoms with E-state index >= 15 is 0 Å². The highest BCUT2D eigenvalue weighted by Crippen LogP contribution is 2.34. The summed E-state index contributed by atoms with van der Waals surface area (Å²) in [6.45, 7) is 4.04. The van der Waals surface area contributed by atoms with Gasteiger partial charge in [0.1, 0.15) is 52.3 Å². The van der Waals surface area contributed by atoms with Gasteiger partial charge in [-0.1, -0.05) is 42.8 Å². The molecule has 356 valence electrons. The molecule has 69 heavy (non-hydrogen) atoms. The molecule has 11 nitrogen and oxygen atoms in total. The predicted octanol–water partition coefficient (Wildman–Crippen LogP) is 13.0. The minimum atomic E-state index is -4.74. The fraction of sp³-hybridized carbons (Fsp3) is 0.200. The summed E-state index contributed by atoms with van der Waals surface area (Å²) in [5.74, 6) is 0.540. The zero-order valence-electron chi connectivity index (χ0n) is 36.5. The number of aryl methyl sites for hydroxylation is 1. The standard InChI is InChI=1S/C29H28ClF3N4O2.C21H13F4N3O2/c1-2-25-27(37-18-22(30)7-12-26(37)35-25)28(38)34-17-19-3-8-23(9-4-19)36-15-13-21(14-16-36)20-5-10-24(11-6-20)39-29(31,32)33;22-13-1-10-18-19(11-13)26-12-27-20(18)28-14-2-4-15(5-3-14)29-16-6-8-17(9-7-16)30-21(23,24)25/h3-12,18,21H,2,13-17H2,1H3,(H,34,38);1-12H,(H,26,27,28). The van der Waals surface area contributed by atoms with Crippen molar-refractivity contribution >= 4 is 51.3 Å². The van der Waals surface area contributed by atoms with Crippen molar-refractivity contribution < 1.29 is 49.7 Å². The lowest BCUT2D eigenvalue weighted by atomic mass is 9.89.